The van der Waals surface area contributed by atoms with E-state index in [2.05, 4.69) is 112 Å². The zero-order chi connectivity index (χ0) is 98.7. The van der Waals surface area contributed by atoms with Crippen LogP contribution in [0.3, 0.4) is 0 Å². The molecule has 758 valence electrons. The molecule has 34 nitrogen and oxygen atoms in total. The first-order valence-corrected chi connectivity index (χ1v) is 50.1. The summed E-state index contributed by atoms with van der Waals surface area (Å²) in [4.78, 5) is 35.4. The van der Waals surface area contributed by atoms with Crippen molar-refractivity contribution in [3.05, 3.63) is 212 Å². The fourth-order valence-electron chi connectivity index (χ4n) is 19.4. The van der Waals surface area contributed by atoms with Crippen LogP contribution in [0.2, 0.25) is 0 Å². The average molecular weight is 1980 g/mol. The van der Waals surface area contributed by atoms with Gasteiger partial charge in [-0.15, -0.1) is 0 Å². The van der Waals surface area contributed by atoms with E-state index in [0.29, 0.717) is 156 Å². The first kappa shape index (κ1) is 99.2. The van der Waals surface area contributed by atoms with E-state index in [1.165, 1.54) is 60.7 Å². The van der Waals surface area contributed by atoms with Gasteiger partial charge < -0.3 is 69.2 Å². The molecule has 7 aliphatic heterocycles. The second-order valence-electron chi connectivity index (χ2n) is 36.9. The third-order valence-corrected chi connectivity index (χ3v) is 27.3. The Morgan fingerprint density at radius 3 is 1.06 bits per heavy atom. The van der Waals surface area contributed by atoms with Crippen molar-refractivity contribution in [1.29, 1.82) is 0 Å². The molecule has 1 aliphatic carbocycles. The quantitative estimate of drug-likeness (QED) is 0.0794. The summed E-state index contributed by atoms with van der Waals surface area (Å²) in [6.45, 7) is 26.9. The van der Waals surface area contributed by atoms with Crippen molar-refractivity contribution < 1.29 is 64.6 Å². The van der Waals surface area contributed by atoms with Gasteiger partial charge in [-0.05, 0) is 177 Å². The van der Waals surface area contributed by atoms with E-state index < -0.39 is 0 Å². The van der Waals surface area contributed by atoms with Crippen molar-refractivity contribution in [3.8, 4) is 84.4 Å². The number of nitrogens with zero attached hydrogens (tertiary/aromatic N) is 20. The van der Waals surface area contributed by atoms with E-state index in [9.17, 15) is 22.0 Å². The number of methoxy groups -OCH3 is 1. The Morgan fingerprint density at radius 2 is 0.701 bits per heavy atom. The minimum Gasteiger partial charge on any atom is -0.492 e. The minimum absolute atomic E-state index is 0.328. The van der Waals surface area contributed by atoms with E-state index in [-0.39, 0.29) is 34.9 Å². The predicted molar refractivity (Wildman–Crippen MR) is 541 cm³/mol. The molecule has 5 aromatic carbocycles. The van der Waals surface area contributed by atoms with Crippen molar-refractivity contribution in [3.63, 3.8) is 0 Å². The van der Waals surface area contributed by atoms with Crippen molar-refractivity contribution in [2.75, 3.05) is 211 Å². The maximum Gasteiger partial charge on any atom is 0.168 e. The van der Waals surface area contributed by atoms with Crippen LogP contribution >= 0.6 is 0 Å². The summed E-state index contributed by atoms with van der Waals surface area (Å²) >= 11 is 0. The van der Waals surface area contributed by atoms with Gasteiger partial charge in [0.15, 0.2) is 34.0 Å². The summed E-state index contributed by atoms with van der Waals surface area (Å²) in [5, 5.41) is 38.7. The number of anilines is 5. The Balaban J connectivity index is 0.000000114. The van der Waals surface area contributed by atoms with Crippen LogP contribution < -0.4 is 50.3 Å². The number of nitrogens with one attached hydrogen (secondary N) is 5. The van der Waals surface area contributed by atoms with Crippen LogP contribution in [0.25, 0.3) is 83.9 Å². The van der Waals surface area contributed by atoms with Gasteiger partial charge in [-0.25, -0.2) is 69.4 Å². The summed E-state index contributed by atoms with van der Waals surface area (Å²) in [6, 6.07) is 34.7. The standard InChI is InChI=1S/C24H28FN5O3.C21H24FN5O2.C20H24FN5O2.2C20H24FN5O/c25-18-13-17-14-20(15-18)31-10-9-29(19-1-4-24(5-2-19)32-11-12-33-24)8-6-26-22-3-7-30-23(28-22)21(17)16-27-30;22-16-11-15-12-18(13-16)29-10-7-26(17-2-8-28-9-3-17)6-4-23-20-1-5-27-21(25-20)19(15)14-24-27;1-27-9-7-25-5-2-4-22-19-3-6-26-20(24-19)18(14-23-26)15-11-16(21)13-17(12-15)28-10-8-25;1-3-14(2)25-7-5-22-19-4-6-26-20(24-19)18(13-23-26)15-10-16(21)12-17(11-15)27-9-8-25;1-2-3-6-25-8-5-22-19-4-7-26-20(24-19)18(14-23-26)15-11-16(21)13-17(12-15)27-10-9-25/h3,7,13-16,19H,1-2,4-6,8-12H2,(H,26,28);1,5,11-14,17H,2-4,6-10H2,(H,23,25);3,6,11-14H,2,4-5,7-10H2,1H3,(H,22,24);4,6,10-14H,3,5,7-9H2,1-2H3,(H,22,24);4,7,11-14H,2-3,5-6,8-10H2,1H3,(H,22,24). The minimum atomic E-state index is -0.367. The number of benzene rings is 5. The van der Waals surface area contributed by atoms with Gasteiger partial charge in [0.2, 0.25) is 0 Å². The molecule has 1 saturated carbocycles. The van der Waals surface area contributed by atoms with E-state index >= 15 is 0 Å². The lowest BCUT2D eigenvalue weighted by Gasteiger charge is -2.40. The summed E-state index contributed by atoms with van der Waals surface area (Å²) in [5.74, 6) is 4.50. The van der Waals surface area contributed by atoms with Crippen molar-refractivity contribution in [1.82, 2.24) is 97.5 Å². The van der Waals surface area contributed by atoms with Gasteiger partial charge in [0.05, 0.1) is 50.8 Å². The fraction of sp³-hybridized carbons (Fsp3) is 0.429. The van der Waals surface area contributed by atoms with Crippen LogP contribution in [0.15, 0.2) is 183 Å². The molecule has 15 aromatic rings. The molecule has 0 radical (unpaired) electrons. The number of halogens is 5. The van der Waals surface area contributed by atoms with Gasteiger partial charge in [-0.3, -0.25) is 24.5 Å². The molecule has 3 fully saturated rings. The monoisotopic (exact) mass is 1970 g/mol. The van der Waals surface area contributed by atoms with Gasteiger partial charge in [0.25, 0.3) is 0 Å². The zero-order valence-electron chi connectivity index (χ0n) is 81.7. The fourth-order valence-corrected chi connectivity index (χ4v) is 19.4. The van der Waals surface area contributed by atoms with Crippen LogP contribution in [0.5, 0.6) is 28.7 Å². The lowest BCUT2D eigenvalue weighted by molar-refractivity contribution is -0.184. The smallest absolute Gasteiger partial charge is 0.168 e. The van der Waals surface area contributed by atoms with Gasteiger partial charge >= 0.3 is 0 Å². The number of fused-ring (bicyclic) bond motifs is 20. The highest BCUT2D eigenvalue weighted by Crippen LogP contribution is 2.40. The Bertz CT molecular complexity index is 6810. The summed E-state index contributed by atoms with van der Waals surface area (Å²) in [6.07, 6.45) is 28.1. The molecule has 8 aliphatic rings. The summed E-state index contributed by atoms with van der Waals surface area (Å²) < 4.78 is 132. The zero-order valence-corrected chi connectivity index (χ0v) is 81.7. The van der Waals surface area contributed by atoms with E-state index in [1.54, 1.807) is 60.7 Å². The molecular formula is C105H124F5N25O9. The van der Waals surface area contributed by atoms with Crippen molar-refractivity contribution in [2.24, 2.45) is 0 Å². The third-order valence-electron chi connectivity index (χ3n) is 27.3. The van der Waals surface area contributed by atoms with Crippen molar-refractivity contribution >= 4 is 57.3 Å². The molecule has 39 heteroatoms. The van der Waals surface area contributed by atoms with Gasteiger partial charge in [-0.2, -0.15) is 25.5 Å². The highest BCUT2D eigenvalue weighted by atomic mass is 19.1. The third kappa shape index (κ3) is 25.1. The van der Waals surface area contributed by atoms with Crippen LogP contribution in [-0.4, -0.2) is 306 Å². The molecule has 1 unspecified atom stereocenters. The lowest BCUT2D eigenvalue weighted by atomic mass is 9.89. The van der Waals surface area contributed by atoms with E-state index in [0.717, 1.165) is 246 Å². The summed E-state index contributed by atoms with van der Waals surface area (Å²) in [7, 11) is 1.70. The van der Waals surface area contributed by atoms with Crippen LogP contribution in [0.1, 0.15) is 85.0 Å². The highest BCUT2D eigenvalue weighted by Gasteiger charge is 2.42. The molecule has 10 aromatic heterocycles. The van der Waals surface area contributed by atoms with Crippen molar-refractivity contribution in [2.45, 2.75) is 109 Å². The number of ether oxygens (including phenoxy) is 9. The topological polar surface area (TPSA) is 310 Å². The normalized spacial score (nSPS) is 17.8. The number of hydrogen-bond donors (Lipinski definition) is 5. The summed E-state index contributed by atoms with van der Waals surface area (Å²) in [5.41, 5.74) is 10.8. The molecular weight excluding hydrogens is 1850 g/mol. The second-order valence-corrected chi connectivity index (χ2v) is 36.9. The van der Waals surface area contributed by atoms with Crippen LogP contribution in [0, 0.1) is 29.1 Å². The largest absolute Gasteiger partial charge is 0.492 e. The molecule has 2 saturated heterocycles. The van der Waals surface area contributed by atoms with Crippen LogP contribution in [-0.2, 0) is 18.9 Å². The number of hydrogen-bond acceptors (Lipinski definition) is 29. The molecule has 0 amide bonds. The number of unbranched alkanes of at least 4 members (excludes halogenated alkanes) is 1. The number of aromatic nitrogens is 15. The number of rotatable bonds is 10. The Hall–Kier alpha value is -13.5. The predicted octanol–water partition coefficient (Wildman–Crippen LogP) is 15.7. The Labute approximate surface area is 831 Å². The molecule has 1 spiro atoms. The van der Waals surface area contributed by atoms with Gasteiger partial charge in [-0.1, -0.05) is 20.3 Å². The Morgan fingerprint density at radius 1 is 0.368 bits per heavy atom. The lowest BCUT2D eigenvalue weighted by Crippen LogP contribution is -2.46. The SMILES string of the molecule is CCC(C)N1CCNc2ccn3ncc(c3n2)-c2cc(F)cc(c2)OCC1.CCCCN1CCNc2ccn3ncc(c3n2)-c2cc(F)cc(c2)OCC1.COCCN1CCCNc2ccn3ncc(c3n2)-c2cc(F)cc(c2)OCC1.Fc1cc2cc(c1)-c1cnn3ccc(nc13)NCCN(C1CCC3(CC1)OCCO3)CCO2.Fc1cc2cc(c1)-c1cnn3ccc(nc13)NCCN(C1CCOCC1)CCO2. The molecule has 1 atom stereocenters. The van der Waals surface area contributed by atoms with E-state index in [4.69, 9.17) is 52.6 Å². The van der Waals surface area contributed by atoms with E-state index in [1.807, 2.05) is 91.6 Å². The molecule has 144 heavy (non-hydrogen) atoms. The molecule has 23 rings (SSSR count). The molecule has 20 bridgehead atoms. The van der Waals surface area contributed by atoms with Gasteiger partial charge in [0, 0.05) is 245 Å². The first-order valence-electron chi connectivity index (χ1n) is 50.1. The highest BCUT2D eigenvalue weighted by molar-refractivity contribution is 5.83. The van der Waals surface area contributed by atoms with Gasteiger partial charge in [0.1, 0.15) is 120 Å². The maximum absolute atomic E-state index is 14.4. The maximum atomic E-state index is 14.4. The van der Waals surface area contributed by atoms with Crippen LogP contribution in [0.4, 0.5) is 51.0 Å². The second kappa shape index (κ2) is 47.3. The molecule has 5 N–H and O–H groups in total. The Kier molecular flexibility index (Phi) is 32.6. The molecule has 17 heterocycles. The average Bonchev–Trinajstić information content (AvgIpc) is 1.66. The first-order chi connectivity index (χ1) is 70.5.